The van der Waals surface area contributed by atoms with Crippen LogP contribution in [0.4, 0.5) is 0 Å². The van der Waals surface area contributed by atoms with E-state index in [0.29, 0.717) is 0 Å². The largest absolute Gasteiger partial charge is 0.448 e. The molecule has 1 heterocycles. The monoisotopic (exact) mass is 302 g/mol. The number of nitrogens with zero attached hydrogens (tertiary/aromatic N) is 2. The van der Waals surface area contributed by atoms with Gasteiger partial charge in [-0.15, -0.1) is 5.92 Å². The van der Waals surface area contributed by atoms with E-state index in [2.05, 4.69) is 16.8 Å². The molecular weight excluding hydrogens is 288 g/mol. The molecule has 0 aliphatic carbocycles. The van der Waals surface area contributed by atoms with Gasteiger partial charge < -0.3 is 9.30 Å². The third-order valence-corrected chi connectivity index (χ3v) is 3.37. The van der Waals surface area contributed by atoms with Gasteiger partial charge in [-0.3, -0.25) is 0 Å². The van der Waals surface area contributed by atoms with Crippen LogP contribution in [0.2, 0.25) is 5.15 Å². The van der Waals surface area contributed by atoms with Gasteiger partial charge in [-0.25, -0.2) is 9.78 Å². The normalized spacial score (nSPS) is 11.4. The van der Waals surface area contributed by atoms with Crippen molar-refractivity contribution in [2.45, 2.75) is 19.9 Å². The lowest BCUT2D eigenvalue weighted by Gasteiger charge is -2.16. The third kappa shape index (κ3) is 3.45. The van der Waals surface area contributed by atoms with Gasteiger partial charge in [-0.1, -0.05) is 47.9 Å². The highest BCUT2D eigenvalue weighted by atomic mass is 35.5. The molecule has 0 bridgehead atoms. The smallest absolute Gasteiger partial charge is 0.359 e. The molecule has 0 aliphatic heterocycles. The fourth-order valence-corrected chi connectivity index (χ4v) is 2.17. The number of imidazole rings is 1. The van der Waals surface area contributed by atoms with Crippen LogP contribution in [-0.4, -0.2) is 22.1 Å². The number of hydrogen-bond donors (Lipinski definition) is 0. The maximum absolute atomic E-state index is 12.1. The third-order valence-electron chi connectivity index (χ3n) is 3.09. The Labute approximate surface area is 128 Å². The molecule has 0 saturated carbocycles. The molecule has 0 N–H and O–H groups in total. The second kappa shape index (κ2) is 6.96. The van der Waals surface area contributed by atoms with Gasteiger partial charge in [-0.2, -0.15) is 0 Å². The van der Waals surface area contributed by atoms with Crippen LogP contribution < -0.4 is 0 Å². The van der Waals surface area contributed by atoms with Gasteiger partial charge >= 0.3 is 5.97 Å². The Kier molecular flexibility index (Phi) is 5.02. The number of esters is 1. The Hall–Kier alpha value is -2.25. The van der Waals surface area contributed by atoms with Gasteiger partial charge in [0.25, 0.3) is 0 Å². The van der Waals surface area contributed by atoms with Gasteiger partial charge in [0.15, 0.2) is 17.5 Å². The van der Waals surface area contributed by atoms with Crippen LogP contribution in [0.5, 0.6) is 0 Å². The minimum atomic E-state index is -0.525. The average Bonchev–Trinajstić information content (AvgIpc) is 2.89. The van der Waals surface area contributed by atoms with Crippen LogP contribution >= 0.6 is 11.6 Å². The van der Waals surface area contributed by atoms with E-state index < -0.39 is 5.97 Å². The molecule has 0 fully saturated rings. The number of aromatic nitrogens is 2. The fraction of sp³-hybridized carbons (Fsp3) is 0.250. The lowest BCUT2D eigenvalue weighted by molar-refractivity contribution is 0.0543. The topological polar surface area (TPSA) is 44.1 Å². The molecule has 1 aromatic heterocycles. The van der Waals surface area contributed by atoms with E-state index in [1.165, 1.54) is 0 Å². The van der Waals surface area contributed by atoms with Crippen molar-refractivity contribution in [2.24, 2.45) is 0 Å². The zero-order valence-corrected chi connectivity index (χ0v) is 12.6. The van der Waals surface area contributed by atoms with Crippen molar-refractivity contribution in [3.05, 3.63) is 53.1 Å². The Balaban J connectivity index is 2.29. The standard InChI is InChI=1S/C16H15ClN2O2/c1-3-4-10-21-16(20)14-15(17)18-11-19(14)12(2)13-8-6-5-7-9-13/h5-9,11-12H,10H2,1-2H3/t12-/m1/s1. The maximum atomic E-state index is 12.1. The van der Waals surface area contributed by atoms with E-state index in [-0.39, 0.29) is 23.5 Å². The van der Waals surface area contributed by atoms with E-state index in [0.717, 1.165) is 5.56 Å². The van der Waals surface area contributed by atoms with Crippen LogP contribution in [0.25, 0.3) is 0 Å². The molecule has 4 nitrogen and oxygen atoms in total. The summed E-state index contributed by atoms with van der Waals surface area (Å²) in [5, 5.41) is 0.132. The molecule has 0 radical (unpaired) electrons. The molecule has 1 atom stereocenters. The molecule has 5 heteroatoms. The summed E-state index contributed by atoms with van der Waals surface area (Å²) in [5.74, 6) is 4.81. The molecule has 2 aromatic rings. The van der Waals surface area contributed by atoms with E-state index >= 15 is 0 Å². The summed E-state index contributed by atoms with van der Waals surface area (Å²) in [6, 6.07) is 9.71. The minimum absolute atomic E-state index is 0.0383. The Morgan fingerprint density at radius 3 is 2.81 bits per heavy atom. The van der Waals surface area contributed by atoms with Crippen LogP contribution in [0.3, 0.4) is 0 Å². The SMILES string of the molecule is CC#CCOC(=O)c1c(Cl)ncn1[C@H](C)c1ccccc1. The number of benzene rings is 1. The van der Waals surface area contributed by atoms with Crippen molar-refractivity contribution in [1.29, 1.82) is 0 Å². The van der Waals surface area contributed by atoms with Crippen molar-refractivity contribution < 1.29 is 9.53 Å². The zero-order valence-electron chi connectivity index (χ0n) is 11.8. The van der Waals surface area contributed by atoms with Gasteiger partial charge in [-0.05, 0) is 19.4 Å². The molecule has 108 valence electrons. The van der Waals surface area contributed by atoms with Crippen LogP contribution in [0.15, 0.2) is 36.7 Å². The van der Waals surface area contributed by atoms with Crippen molar-refractivity contribution in [2.75, 3.05) is 6.61 Å². The molecule has 0 amide bonds. The Morgan fingerprint density at radius 1 is 1.43 bits per heavy atom. The van der Waals surface area contributed by atoms with Crippen LogP contribution in [-0.2, 0) is 4.74 Å². The number of hydrogen-bond acceptors (Lipinski definition) is 3. The highest BCUT2D eigenvalue weighted by molar-refractivity contribution is 6.32. The van der Waals surface area contributed by atoms with Gasteiger partial charge in [0.2, 0.25) is 0 Å². The second-order valence-electron chi connectivity index (χ2n) is 4.38. The molecule has 2 rings (SSSR count). The highest BCUT2D eigenvalue weighted by Gasteiger charge is 2.22. The summed E-state index contributed by atoms with van der Waals surface area (Å²) < 4.78 is 6.78. The lowest BCUT2D eigenvalue weighted by atomic mass is 10.1. The minimum Gasteiger partial charge on any atom is -0.448 e. The van der Waals surface area contributed by atoms with Crippen molar-refractivity contribution in [1.82, 2.24) is 9.55 Å². The average molecular weight is 303 g/mol. The second-order valence-corrected chi connectivity index (χ2v) is 4.74. The predicted octanol–water partition coefficient (Wildman–Crippen LogP) is 3.33. The summed E-state index contributed by atoms with van der Waals surface area (Å²) >= 11 is 6.02. The van der Waals surface area contributed by atoms with Gasteiger partial charge in [0.05, 0.1) is 12.4 Å². The first kappa shape index (κ1) is 15.1. The Bertz CT molecular complexity index is 683. The van der Waals surface area contributed by atoms with Crippen molar-refractivity contribution in [3.63, 3.8) is 0 Å². The lowest BCUT2D eigenvalue weighted by Crippen LogP contribution is -2.16. The summed E-state index contributed by atoms with van der Waals surface area (Å²) in [7, 11) is 0. The molecule has 0 spiro atoms. The first-order valence-corrected chi connectivity index (χ1v) is 6.87. The van der Waals surface area contributed by atoms with Gasteiger partial charge in [0.1, 0.15) is 0 Å². The quantitative estimate of drug-likeness (QED) is 0.643. The fourth-order valence-electron chi connectivity index (χ4n) is 1.96. The molecule has 21 heavy (non-hydrogen) atoms. The van der Waals surface area contributed by atoms with Crippen LogP contribution in [0.1, 0.15) is 35.9 Å². The van der Waals surface area contributed by atoms with Crippen LogP contribution in [0, 0.1) is 11.8 Å². The molecule has 0 saturated heterocycles. The predicted molar refractivity (Wildman–Crippen MR) is 81.2 cm³/mol. The molecule has 0 aliphatic rings. The summed E-state index contributed by atoms with van der Waals surface area (Å²) in [5.41, 5.74) is 1.29. The van der Waals surface area contributed by atoms with Gasteiger partial charge in [0, 0.05) is 0 Å². The maximum Gasteiger partial charge on any atom is 0.359 e. The molecular formula is C16H15ClN2O2. The van der Waals surface area contributed by atoms with Crippen molar-refractivity contribution in [3.8, 4) is 11.8 Å². The number of carbonyl (C=O) groups is 1. The summed E-state index contributed by atoms with van der Waals surface area (Å²) in [6.07, 6.45) is 1.54. The molecule has 0 unspecified atom stereocenters. The number of carbonyl (C=O) groups excluding carboxylic acids is 1. The highest BCUT2D eigenvalue weighted by Crippen LogP contribution is 2.24. The molecule has 1 aromatic carbocycles. The first-order valence-electron chi connectivity index (χ1n) is 6.49. The Morgan fingerprint density at radius 2 is 2.14 bits per heavy atom. The van der Waals surface area contributed by atoms with E-state index in [1.54, 1.807) is 17.8 Å². The van der Waals surface area contributed by atoms with E-state index in [4.69, 9.17) is 16.3 Å². The zero-order chi connectivity index (χ0) is 15.2. The number of halogens is 1. The number of ether oxygens (including phenoxy) is 1. The summed E-state index contributed by atoms with van der Waals surface area (Å²) in [4.78, 5) is 16.1. The first-order chi connectivity index (χ1) is 10.1. The number of rotatable bonds is 4. The van der Waals surface area contributed by atoms with Crippen molar-refractivity contribution >= 4 is 17.6 Å². The van der Waals surface area contributed by atoms with E-state index in [1.807, 2.05) is 37.3 Å². The summed E-state index contributed by atoms with van der Waals surface area (Å²) in [6.45, 7) is 3.69. The van der Waals surface area contributed by atoms with E-state index in [9.17, 15) is 4.79 Å².